The van der Waals surface area contributed by atoms with E-state index in [0.29, 0.717) is 0 Å². The molecule has 2 heteroatoms. The summed E-state index contributed by atoms with van der Waals surface area (Å²) in [5.74, 6) is 0. The number of aromatic amines is 1. The van der Waals surface area contributed by atoms with Gasteiger partial charge in [0.05, 0.1) is 11.0 Å². The van der Waals surface area contributed by atoms with Crippen LogP contribution in [0.3, 0.4) is 0 Å². The number of para-hydroxylation sites is 1. The molecule has 8 rings (SSSR count). The Bertz CT molecular complexity index is 1950. The van der Waals surface area contributed by atoms with Gasteiger partial charge in [0.25, 0.3) is 0 Å². The molecular formula is C28H16N2. The summed E-state index contributed by atoms with van der Waals surface area (Å²) in [6.07, 6.45) is 0. The third kappa shape index (κ3) is 1.60. The molecule has 0 aliphatic carbocycles. The van der Waals surface area contributed by atoms with Crippen LogP contribution in [0.2, 0.25) is 0 Å². The minimum absolute atomic E-state index is 1.19. The van der Waals surface area contributed by atoms with Crippen LogP contribution in [0.5, 0.6) is 0 Å². The van der Waals surface area contributed by atoms with Crippen LogP contribution >= 0.6 is 0 Å². The van der Waals surface area contributed by atoms with Crippen molar-refractivity contribution in [2.45, 2.75) is 0 Å². The highest BCUT2D eigenvalue weighted by molar-refractivity contribution is 6.34. The Balaban J connectivity index is 1.76. The molecule has 2 nitrogen and oxygen atoms in total. The lowest BCUT2D eigenvalue weighted by Gasteiger charge is -2.03. The Morgan fingerprint density at radius 3 is 2.07 bits per heavy atom. The molecule has 30 heavy (non-hydrogen) atoms. The van der Waals surface area contributed by atoms with Gasteiger partial charge < -0.3 is 4.98 Å². The first-order valence-electron chi connectivity index (χ1n) is 10.4. The molecule has 3 heterocycles. The Kier molecular flexibility index (Phi) is 2.44. The predicted octanol–water partition coefficient (Wildman–Crippen LogP) is 7.62. The lowest BCUT2D eigenvalue weighted by Crippen LogP contribution is -1.81. The largest absolute Gasteiger partial charge is 0.340 e. The van der Waals surface area contributed by atoms with Crippen LogP contribution < -0.4 is 0 Å². The number of hydrogen-bond donors (Lipinski definition) is 1. The topological polar surface area (TPSA) is 20.2 Å². The number of hydrogen-bond acceptors (Lipinski definition) is 0. The Labute approximate surface area is 171 Å². The fourth-order valence-corrected chi connectivity index (χ4v) is 5.57. The molecular weight excluding hydrogens is 364 g/mol. The molecule has 0 atom stereocenters. The molecule has 138 valence electrons. The lowest BCUT2D eigenvalue weighted by molar-refractivity contribution is 1.31. The average Bonchev–Trinajstić information content (AvgIpc) is 3.42. The second-order valence-electron chi connectivity index (χ2n) is 8.31. The molecule has 0 aliphatic rings. The minimum atomic E-state index is 1.19. The molecule has 0 amide bonds. The number of rotatable bonds is 0. The first-order chi connectivity index (χ1) is 14.9. The van der Waals surface area contributed by atoms with Crippen LogP contribution in [0.4, 0.5) is 0 Å². The summed E-state index contributed by atoms with van der Waals surface area (Å²) in [4.78, 5) is 3.77. The highest BCUT2D eigenvalue weighted by Gasteiger charge is 2.22. The first-order valence-corrected chi connectivity index (χ1v) is 10.4. The summed E-state index contributed by atoms with van der Waals surface area (Å²) in [5.41, 5.74) is 4.98. The zero-order chi connectivity index (χ0) is 19.4. The van der Waals surface area contributed by atoms with E-state index in [9.17, 15) is 0 Å². The summed E-state index contributed by atoms with van der Waals surface area (Å²) in [6.45, 7) is 0. The monoisotopic (exact) mass is 380 g/mol. The van der Waals surface area contributed by atoms with Gasteiger partial charge in [0, 0.05) is 32.4 Å². The van der Waals surface area contributed by atoms with Gasteiger partial charge in [-0.3, -0.25) is 4.40 Å². The highest BCUT2D eigenvalue weighted by atomic mass is 15.0. The molecule has 8 aromatic rings. The van der Waals surface area contributed by atoms with Crippen LogP contribution in [0.25, 0.3) is 70.7 Å². The molecule has 0 spiro atoms. The Hall–Kier alpha value is -4.04. The van der Waals surface area contributed by atoms with E-state index in [1.807, 2.05) is 0 Å². The molecule has 0 bridgehead atoms. The van der Waals surface area contributed by atoms with Crippen molar-refractivity contribution in [1.82, 2.24) is 9.38 Å². The highest BCUT2D eigenvalue weighted by Crippen LogP contribution is 2.45. The molecule has 5 aromatic carbocycles. The second-order valence-corrected chi connectivity index (χ2v) is 8.31. The van der Waals surface area contributed by atoms with Crippen molar-refractivity contribution in [3.63, 3.8) is 0 Å². The molecule has 0 unspecified atom stereocenters. The van der Waals surface area contributed by atoms with E-state index < -0.39 is 0 Å². The van der Waals surface area contributed by atoms with Crippen LogP contribution in [-0.4, -0.2) is 9.38 Å². The fraction of sp³-hybridized carbons (Fsp3) is 0. The van der Waals surface area contributed by atoms with Crippen LogP contribution in [0.1, 0.15) is 0 Å². The van der Waals surface area contributed by atoms with E-state index >= 15 is 0 Å². The lowest BCUT2D eigenvalue weighted by atomic mass is 9.99. The first kappa shape index (κ1) is 14.9. The summed E-state index contributed by atoms with van der Waals surface area (Å²) in [6, 6.07) is 33.2. The normalized spacial score (nSPS) is 12.7. The second kappa shape index (κ2) is 4.92. The van der Waals surface area contributed by atoms with E-state index in [1.165, 1.54) is 70.7 Å². The third-order valence-corrected chi connectivity index (χ3v) is 6.80. The third-order valence-electron chi connectivity index (χ3n) is 6.80. The minimum Gasteiger partial charge on any atom is -0.340 e. The molecule has 0 fully saturated rings. The van der Waals surface area contributed by atoms with Gasteiger partial charge in [-0.25, -0.2) is 0 Å². The molecule has 0 aliphatic heterocycles. The summed E-state index contributed by atoms with van der Waals surface area (Å²) in [7, 11) is 0. The van der Waals surface area contributed by atoms with Gasteiger partial charge in [0.1, 0.15) is 5.65 Å². The van der Waals surface area contributed by atoms with Crippen LogP contribution in [0, 0.1) is 0 Å². The predicted molar refractivity (Wildman–Crippen MR) is 128 cm³/mol. The summed E-state index contributed by atoms with van der Waals surface area (Å²) < 4.78 is 2.44. The molecule has 0 radical (unpaired) electrons. The maximum absolute atomic E-state index is 3.77. The van der Waals surface area contributed by atoms with Crippen molar-refractivity contribution >= 4 is 70.7 Å². The van der Waals surface area contributed by atoms with E-state index in [4.69, 9.17) is 0 Å². The van der Waals surface area contributed by atoms with Gasteiger partial charge in [-0.15, -0.1) is 0 Å². The van der Waals surface area contributed by atoms with Crippen molar-refractivity contribution in [2.75, 3.05) is 0 Å². The van der Waals surface area contributed by atoms with Crippen molar-refractivity contribution in [2.24, 2.45) is 0 Å². The number of benzene rings is 5. The van der Waals surface area contributed by atoms with Crippen molar-refractivity contribution < 1.29 is 0 Å². The number of nitrogens with zero attached hydrogens (tertiary/aromatic N) is 1. The number of nitrogens with one attached hydrogen (secondary N) is 1. The number of aromatic nitrogens is 2. The maximum atomic E-state index is 3.77. The van der Waals surface area contributed by atoms with Gasteiger partial charge in [-0.05, 0) is 45.8 Å². The average molecular weight is 380 g/mol. The van der Waals surface area contributed by atoms with Crippen molar-refractivity contribution in [3.8, 4) is 0 Å². The van der Waals surface area contributed by atoms with E-state index in [1.54, 1.807) is 0 Å². The van der Waals surface area contributed by atoms with Crippen LogP contribution in [0.15, 0.2) is 91.0 Å². The standard InChI is InChI=1S/C28H16N2/c1-2-8-17-15-23-21(13-16(17)7-1)26-22-14-18-9-3-4-10-19(18)25-20-11-5-6-12-24(20)30(27(22)25)28(26)29-23/h1-15,29H. The quantitative estimate of drug-likeness (QED) is 0.279. The molecule has 0 saturated heterocycles. The van der Waals surface area contributed by atoms with Crippen molar-refractivity contribution in [1.29, 1.82) is 0 Å². The van der Waals surface area contributed by atoms with E-state index in [0.717, 1.165) is 0 Å². The van der Waals surface area contributed by atoms with E-state index in [-0.39, 0.29) is 0 Å². The maximum Gasteiger partial charge on any atom is 0.124 e. The van der Waals surface area contributed by atoms with Gasteiger partial charge in [0.2, 0.25) is 0 Å². The molecule has 0 saturated carbocycles. The van der Waals surface area contributed by atoms with Crippen molar-refractivity contribution in [3.05, 3.63) is 91.0 Å². The number of H-pyrrole nitrogens is 1. The summed E-state index contributed by atoms with van der Waals surface area (Å²) in [5, 5.41) is 11.8. The van der Waals surface area contributed by atoms with Crippen LogP contribution in [-0.2, 0) is 0 Å². The molecule has 3 aromatic heterocycles. The zero-order valence-corrected chi connectivity index (χ0v) is 16.1. The van der Waals surface area contributed by atoms with E-state index in [2.05, 4.69) is 100 Å². The smallest absolute Gasteiger partial charge is 0.124 e. The molecule has 1 N–H and O–H groups in total. The fourth-order valence-electron chi connectivity index (χ4n) is 5.57. The summed E-state index contributed by atoms with van der Waals surface area (Å²) >= 11 is 0. The van der Waals surface area contributed by atoms with Gasteiger partial charge in [0.15, 0.2) is 0 Å². The van der Waals surface area contributed by atoms with Gasteiger partial charge in [-0.2, -0.15) is 0 Å². The zero-order valence-electron chi connectivity index (χ0n) is 16.1. The van der Waals surface area contributed by atoms with Gasteiger partial charge in [-0.1, -0.05) is 66.7 Å². The Morgan fingerprint density at radius 1 is 0.533 bits per heavy atom. The Morgan fingerprint density at radius 2 is 1.20 bits per heavy atom. The number of fused-ring (bicyclic) bond motifs is 11. The SMILES string of the molecule is c1ccc2cc3c(cc2c1)[nH]c1c3c2cc3ccccc3c3c4ccccc4n1c23. The van der Waals surface area contributed by atoms with Gasteiger partial charge >= 0.3 is 0 Å².